The number of piperazine rings is 1. The van der Waals surface area contributed by atoms with Crippen LogP contribution in [0.4, 0.5) is 5.82 Å². The van der Waals surface area contributed by atoms with Crippen molar-refractivity contribution in [3.8, 4) is 0 Å². The van der Waals surface area contributed by atoms with Crippen molar-refractivity contribution in [1.29, 1.82) is 0 Å². The molecule has 0 spiro atoms. The first-order valence-corrected chi connectivity index (χ1v) is 8.70. The van der Waals surface area contributed by atoms with Gasteiger partial charge in [-0.2, -0.15) is 0 Å². The van der Waals surface area contributed by atoms with Gasteiger partial charge >= 0.3 is 0 Å². The van der Waals surface area contributed by atoms with Crippen LogP contribution >= 0.6 is 11.3 Å². The van der Waals surface area contributed by atoms with Crippen molar-refractivity contribution in [2.24, 2.45) is 0 Å². The van der Waals surface area contributed by atoms with E-state index in [9.17, 15) is 9.59 Å². The minimum atomic E-state index is -0.128. The Labute approximate surface area is 144 Å². The molecule has 3 rings (SSSR count). The molecule has 3 heterocycles. The predicted octanol–water partition coefficient (Wildman–Crippen LogP) is 1.75. The number of rotatable bonds is 4. The van der Waals surface area contributed by atoms with E-state index in [4.69, 9.17) is 4.52 Å². The average Bonchev–Trinajstić information content (AvgIpc) is 3.15. The van der Waals surface area contributed by atoms with Crippen LogP contribution in [0.1, 0.15) is 21.0 Å². The van der Waals surface area contributed by atoms with Crippen LogP contribution in [0.2, 0.25) is 0 Å². The highest BCUT2D eigenvalue weighted by molar-refractivity contribution is 7.12. The first kappa shape index (κ1) is 16.7. The minimum Gasteiger partial charge on any atom is -0.360 e. The van der Waals surface area contributed by atoms with Crippen molar-refractivity contribution < 1.29 is 14.1 Å². The molecule has 1 aliphatic rings. The fourth-order valence-electron chi connectivity index (χ4n) is 2.66. The summed E-state index contributed by atoms with van der Waals surface area (Å²) < 4.78 is 4.92. The average molecular weight is 348 g/mol. The first-order chi connectivity index (χ1) is 11.5. The maximum absolute atomic E-state index is 12.5. The van der Waals surface area contributed by atoms with Crippen molar-refractivity contribution in [2.75, 3.05) is 38.0 Å². The highest BCUT2D eigenvalue weighted by Crippen LogP contribution is 2.19. The minimum absolute atomic E-state index is 0.0877. The molecular weight excluding hydrogens is 328 g/mol. The lowest BCUT2D eigenvalue weighted by atomic mass is 10.2. The number of nitrogens with one attached hydrogen (secondary N) is 1. The molecule has 0 radical (unpaired) electrons. The maximum Gasteiger partial charge on any atom is 0.264 e. The zero-order valence-corrected chi connectivity index (χ0v) is 14.6. The third-order valence-electron chi connectivity index (χ3n) is 3.98. The number of carbonyl (C=O) groups excluding carboxylic acids is 2. The molecule has 0 aromatic carbocycles. The Bertz CT molecular complexity index is 731. The number of aromatic nitrogens is 1. The SMILES string of the molecule is Cc1cc(NC(=O)CN2CCN(C(=O)c3sccc3C)CC2)no1. The van der Waals surface area contributed by atoms with E-state index in [2.05, 4.69) is 10.5 Å². The molecule has 0 unspecified atom stereocenters. The third kappa shape index (κ3) is 3.82. The highest BCUT2D eigenvalue weighted by atomic mass is 32.1. The molecule has 8 heteroatoms. The molecule has 24 heavy (non-hydrogen) atoms. The summed E-state index contributed by atoms with van der Waals surface area (Å²) in [6.45, 7) is 6.64. The van der Waals surface area contributed by atoms with Gasteiger partial charge in [0, 0.05) is 32.2 Å². The summed E-state index contributed by atoms with van der Waals surface area (Å²) in [6.07, 6.45) is 0. The van der Waals surface area contributed by atoms with E-state index in [1.165, 1.54) is 11.3 Å². The van der Waals surface area contributed by atoms with Crippen LogP contribution in [-0.4, -0.2) is 59.5 Å². The number of carbonyl (C=O) groups is 2. The van der Waals surface area contributed by atoms with E-state index in [0.29, 0.717) is 37.8 Å². The van der Waals surface area contributed by atoms with Gasteiger partial charge in [0.1, 0.15) is 5.76 Å². The van der Waals surface area contributed by atoms with E-state index in [-0.39, 0.29) is 18.4 Å². The number of amides is 2. The van der Waals surface area contributed by atoms with Gasteiger partial charge in [0.15, 0.2) is 5.82 Å². The molecular formula is C16H20N4O3S. The molecule has 1 aliphatic heterocycles. The summed E-state index contributed by atoms with van der Waals surface area (Å²) in [4.78, 5) is 29.2. The molecule has 1 N–H and O–H groups in total. The van der Waals surface area contributed by atoms with Gasteiger partial charge in [0.05, 0.1) is 11.4 Å². The lowest BCUT2D eigenvalue weighted by Gasteiger charge is -2.34. The molecule has 1 saturated heterocycles. The van der Waals surface area contributed by atoms with Crippen LogP contribution < -0.4 is 5.32 Å². The second-order valence-corrected chi connectivity index (χ2v) is 6.79. The lowest BCUT2D eigenvalue weighted by molar-refractivity contribution is -0.117. The summed E-state index contributed by atoms with van der Waals surface area (Å²) >= 11 is 1.48. The number of anilines is 1. The van der Waals surface area contributed by atoms with Crippen LogP contribution in [0.3, 0.4) is 0 Å². The standard InChI is InChI=1S/C16H20N4O3S/c1-11-3-8-24-15(11)16(22)20-6-4-19(5-7-20)10-14(21)17-13-9-12(2)23-18-13/h3,8-9H,4-7,10H2,1-2H3,(H,17,18,21). The summed E-state index contributed by atoms with van der Waals surface area (Å²) in [5.74, 6) is 1.04. The van der Waals surface area contributed by atoms with Gasteiger partial charge in [0.2, 0.25) is 5.91 Å². The van der Waals surface area contributed by atoms with Gasteiger partial charge in [-0.05, 0) is 30.9 Å². The summed E-state index contributed by atoms with van der Waals surface area (Å²) in [5.41, 5.74) is 1.02. The predicted molar refractivity (Wildman–Crippen MR) is 91.3 cm³/mol. The zero-order valence-electron chi connectivity index (χ0n) is 13.7. The molecule has 2 aromatic rings. The molecule has 0 bridgehead atoms. The van der Waals surface area contributed by atoms with Crippen molar-refractivity contribution in [3.63, 3.8) is 0 Å². The summed E-state index contributed by atoms with van der Waals surface area (Å²) in [5, 5.41) is 8.39. The van der Waals surface area contributed by atoms with E-state index in [0.717, 1.165) is 10.4 Å². The zero-order chi connectivity index (χ0) is 17.1. The largest absolute Gasteiger partial charge is 0.360 e. The third-order valence-corrected chi connectivity index (χ3v) is 4.98. The number of nitrogens with zero attached hydrogens (tertiary/aromatic N) is 3. The molecule has 1 fully saturated rings. The van der Waals surface area contributed by atoms with Gasteiger partial charge in [0.25, 0.3) is 5.91 Å². The number of thiophene rings is 1. The Kier molecular flexibility index (Phi) is 4.96. The monoisotopic (exact) mass is 348 g/mol. The van der Waals surface area contributed by atoms with Crippen LogP contribution in [0.15, 0.2) is 22.0 Å². The fourth-order valence-corrected chi connectivity index (χ4v) is 3.55. The molecule has 2 amide bonds. The Morgan fingerprint density at radius 2 is 2.04 bits per heavy atom. The van der Waals surface area contributed by atoms with Crippen molar-refractivity contribution >= 4 is 29.0 Å². The normalized spacial score (nSPS) is 15.5. The number of aryl methyl sites for hydroxylation is 2. The maximum atomic E-state index is 12.5. The van der Waals surface area contributed by atoms with Gasteiger partial charge < -0.3 is 14.7 Å². The summed E-state index contributed by atoms with van der Waals surface area (Å²) in [7, 11) is 0. The second kappa shape index (κ2) is 7.14. The fraction of sp³-hybridized carbons (Fsp3) is 0.438. The summed E-state index contributed by atoms with van der Waals surface area (Å²) in [6, 6.07) is 3.64. The van der Waals surface area contributed by atoms with Crippen molar-refractivity contribution in [3.05, 3.63) is 33.7 Å². The van der Waals surface area contributed by atoms with Crippen molar-refractivity contribution in [2.45, 2.75) is 13.8 Å². The Balaban J connectivity index is 1.47. The molecule has 7 nitrogen and oxygen atoms in total. The van der Waals surface area contributed by atoms with E-state index in [1.54, 1.807) is 13.0 Å². The number of hydrogen-bond donors (Lipinski definition) is 1. The van der Waals surface area contributed by atoms with Crippen molar-refractivity contribution in [1.82, 2.24) is 15.0 Å². The molecule has 0 saturated carbocycles. The van der Waals surface area contributed by atoms with E-state index in [1.807, 2.05) is 28.2 Å². The Morgan fingerprint density at radius 1 is 1.29 bits per heavy atom. The molecule has 0 atom stereocenters. The molecule has 0 aliphatic carbocycles. The lowest BCUT2D eigenvalue weighted by Crippen LogP contribution is -2.50. The molecule has 2 aromatic heterocycles. The van der Waals surface area contributed by atoms with Crippen LogP contribution in [0.25, 0.3) is 0 Å². The Morgan fingerprint density at radius 3 is 2.62 bits per heavy atom. The van der Waals surface area contributed by atoms with Gasteiger partial charge in [-0.1, -0.05) is 5.16 Å². The Hall–Kier alpha value is -2.19. The van der Waals surface area contributed by atoms with Gasteiger partial charge in [-0.25, -0.2) is 0 Å². The second-order valence-electron chi connectivity index (χ2n) is 5.87. The van der Waals surface area contributed by atoms with Crippen LogP contribution in [0, 0.1) is 13.8 Å². The van der Waals surface area contributed by atoms with E-state index >= 15 is 0 Å². The topological polar surface area (TPSA) is 78.7 Å². The van der Waals surface area contributed by atoms with Crippen LogP contribution in [0.5, 0.6) is 0 Å². The van der Waals surface area contributed by atoms with E-state index < -0.39 is 0 Å². The van der Waals surface area contributed by atoms with Gasteiger partial charge in [-0.15, -0.1) is 11.3 Å². The number of hydrogen-bond acceptors (Lipinski definition) is 6. The molecule has 128 valence electrons. The van der Waals surface area contributed by atoms with Gasteiger partial charge in [-0.3, -0.25) is 14.5 Å². The highest BCUT2D eigenvalue weighted by Gasteiger charge is 2.24. The first-order valence-electron chi connectivity index (χ1n) is 7.82. The van der Waals surface area contributed by atoms with Crippen LogP contribution in [-0.2, 0) is 4.79 Å². The smallest absolute Gasteiger partial charge is 0.264 e. The quantitative estimate of drug-likeness (QED) is 0.911.